The molecule has 32 heavy (non-hydrogen) atoms. The molecule has 0 spiro atoms. The Balaban J connectivity index is 1.65. The van der Waals surface area contributed by atoms with Crippen LogP contribution >= 0.6 is 11.6 Å². The maximum Gasteiger partial charge on any atom is 0.326 e. The number of hydrazone groups is 1. The number of amides is 3. The number of nitrogens with two attached hydrogens (primary N) is 2. The average Bonchev–Trinajstić information content (AvgIpc) is 2.75. The van der Waals surface area contributed by atoms with E-state index in [-0.39, 0.29) is 22.8 Å². The van der Waals surface area contributed by atoms with Crippen LogP contribution in [-0.2, 0) is 4.74 Å². The van der Waals surface area contributed by atoms with Gasteiger partial charge in [-0.05, 0) is 49.6 Å². The Hall–Kier alpha value is -3.28. The number of hydrogen-bond acceptors (Lipinski definition) is 6. The van der Waals surface area contributed by atoms with Crippen LogP contribution in [0.25, 0.3) is 0 Å². The van der Waals surface area contributed by atoms with E-state index in [9.17, 15) is 18.4 Å². The van der Waals surface area contributed by atoms with Gasteiger partial charge < -0.3 is 15.8 Å². The zero-order valence-corrected chi connectivity index (χ0v) is 17.5. The van der Waals surface area contributed by atoms with Crippen molar-refractivity contribution in [1.29, 1.82) is 0 Å². The van der Waals surface area contributed by atoms with E-state index >= 15 is 0 Å². The van der Waals surface area contributed by atoms with Gasteiger partial charge >= 0.3 is 6.03 Å². The van der Waals surface area contributed by atoms with E-state index in [0.29, 0.717) is 12.2 Å². The third-order valence-electron chi connectivity index (χ3n) is 4.60. The van der Waals surface area contributed by atoms with E-state index in [1.165, 1.54) is 18.2 Å². The van der Waals surface area contributed by atoms with Gasteiger partial charge in [0.2, 0.25) is 0 Å². The highest BCUT2D eigenvalue weighted by Crippen LogP contribution is 2.23. The van der Waals surface area contributed by atoms with Crippen molar-refractivity contribution in [2.75, 3.05) is 11.9 Å². The van der Waals surface area contributed by atoms with Crippen LogP contribution in [0.1, 0.15) is 35.2 Å². The number of urea groups is 1. The molecule has 0 saturated carbocycles. The Morgan fingerprint density at radius 3 is 2.53 bits per heavy atom. The second-order valence-corrected chi connectivity index (χ2v) is 7.29. The highest BCUT2D eigenvalue weighted by atomic mass is 35.5. The number of halogens is 3. The van der Waals surface area contributed by atoms with Crippen molar-refractivity contribution in [3.05, 3.63) is 64.2 Å². The van der Waals surface area contributed by atoms with Gasteiger partial charge in [-0.3, -0.25) is 10.1 Å². The largest absolute Gasteiger partial charge is 0.382 e. The maximum atomic E-state index is 13.7. The number of ether oxygens (including phenoxy) is 1. The van der Waals surface area contributed by atoms with E-state index in [0.717, 1.165) is 42.6 Å². The SMILES string of the molecule is N/C(=N\N(N)C1CCCCO1)c1ccc(NC(=O)NC(=O)c2c(F)cccc2F)c(Cl)c1. The van der Waals surface area contributed by atoms with Gasteiger partial charge in [0, 0.05) is 12.2 Å². The summed E-state index contributed by atoms with van der Waals surface area (Å²) in [5.74, 6) is 2.53. The normalized spacial score (nSPS) is 16.4. The minimum atomic E-state index is -1.24. The number of amidine groups is 1. The van der Waals surface area contributed by atoms with Crippen molar-refractivity contribution in [3.8, 4) is 0 Å². The highest BCUT2D eigenvalue weighted by Gasteiger charge is 2.21. The summed E-state index contributed by atoms with van der Waals surface area (Å²) in [6.45, 7) is 0.591. The van der Waals surface area contributed by atoms with Crippen LogP contribution in [0.4, 0.5) is 19.3 Å². The number of hydrazine groups is 1. The molecule has 0 radical (unpaired) electrons. The number of imide groups is 1. The Morgan fingerprint density at radius 2 is 1.91 bits per heavy atom. The van der Waals surface area contributed by atoms with Crippen molar-refractivity contribution in [1.82, 2.24) is 10.4 Å². The van der Waals surface area contributed by atoms with E-state index in [4.69, 9.17) is 27.9 Å². The van der Waals surface area contributed by atoms with Gasteiger partial charge in [0.05, 0.1) is 10.7 Å². The molecule has 3 amide bonds. The number of benzene rings is 2. The smallest absolute Gasteiger partial charge is 0.326 e. The molecule has 6 N–H and O–H groups in total. The lowest BCUT2D eigenvalue weighted by Gasteiger charge is -2.28. The van der Waals surface area contributed by atoms with Crippen LogP contribution < -0.4 is 22.2 Å². The molecule has 9 nitrogen and oxygen atoms in total. The third-order valence-corrected chi connectivity index (χ3v) is 4.92. The van der Waals surface area contributed by atoms with Crippen molar-refractivity contribution >= 4 is 35.1 Å². The number of carbonyl (C=O) groups excluding carboxylic acids is 2. The number of carbonyl (C=O) groups is 2. The molecule has 3 rings (SSSR count). The minimum Gasteiger partial charge on any atom is -0.382 e. The molecule has 0 aliphatic carbocycles. The van der Waals surface area contributed by atoms with Gasteiger partial charge in [-0.1, -0.05) is 17.7 Å². The van der Waals surface area contributed by atoms with E-state index < -0.39 is 29.1 Å². The lowest BCUT2D eigenvalue weighted by atomic mass is 10.2. The van der Waals surface area contributed by atoms with Crippen molar-refractivity contribution < 1.29 is 23.1 Å². The fourth-order valence-electron chi connectivity index (χ4n) is 2.99. The zero-order chi connectivity index (χ0) is 23.3. The molecule has 2 aromatic carbocycles. The maximum absolute atomic E-state index is 13.7. The number of rotatable bonds is 5. The fraction of sp³-hybridized carbons (Fsp3) is 0.250. The molecule has 0 bridgehead atoms. The summed E-state index contributed by atoms with van der Waals surface area (Å²) in [7, 11) is 0. The van der Waals surface area contributed by atoms with Crippen LogP contribution in [0.5, 0.6) is 0 Å². The summed E-state index contributed by atoms with van der Waals surface area (Å²) in [6.07, 6.45) is 2.27. The fourth-order valence-corrected chi connectivity index (χ4v) is 3.22. The molecule has 1 heterocycles. The Bertz CT molecular complexity index is 1030. The predicted octanol–water partition coefficient (Wildman–Crippen LogP) is 2.90. The number of hydrogen-bond donors (Lipinski definition) is 4. The van der Waals surface area contributed by atoms with Crippen LogP contribution in [-0.4, -0.2) is 35.7 Å². The number of nitrogens with zero attached hydrogens (tertiary/aromatic N) is 2. The van der Waals surface area contributed by atoms with Crippen LogP contribution in [0.2, 0.25) is 5.02 Å². The van der Waals surface area contributed by atoms with Crippen LogP contribution in [0.15, 0.2) is 41.5 Å². The predicted molar refractivity (Wildman–Crippen MR) is 115 cm³/mol. The molecule has 170 valence electrons. The first-order valence-electron chi connectivity index (χ1n) is 9.62. The Kier molecular flexibility index (Phi) is 7.57. The first-order valence-corrected chi connectivity index (χ1v) is 10.00. The third kappa shape index (κ3) is 5.69. The molecule has 1 aliphatic heterocycles. The Labute approximate surface area is 187 Å². The molecule has 0 aromatic heterocycles. The molecule has 1 fully saturated rings. The quantitative estimate of drug-likeness (QED) is 0.231. The second-order valence-electron chi connectivity index (χ2n) is 6.89. The molecular weight excluding hydrogens is 446 g/mol. The molecule has 1 unspecified atom stereocenters. The van der Waals surface area contributed by atoms with Gasteiger partial charge in [-0.25, -0.2) is 24.5 Å². The lowest BCUT2D eigenvalue weighted by molar-refractivity contribution is -0.0864. The number of anilines is 1. The summed E-state index contributed by atoms with van der Waals surface area (Å²) in [5.41, 5.74) is 5.66. The average molecular weight is 467 g/mol. The minimum absolute atomic E-state index is 0.0739. The summed E-state index contributed by atoms with van der Waals surface area (Å²) in [4.78, 5) is 24.1. The van der Waals surface area contributed by atoms with Crippen molar-refractivity contribution in [2.45, 2.75) is 25.5 Å². The van der Waals surface area contributed by atoms with E-state index in [1.807, 2.05) is 5.32 Å². The number of nitrogens with one attached hydrogen (secondary N) is 2. The Morgan fingerprint density at radius 1 is 1.19 bits per heavy atom. The highest BCUT2D eigenvalue weighted by molar-refractivity contribution is 6.34. The van der Waals surface area contributed by atoms with Crippen molar-refractivity contribution in [2.24, 2.45) is 16.7 Å². The second kappa shape index (κ2) is 10.4. The molecule has 1 saturated heterocycles. The summed E-state index contributed by atoms with van der Waals surface area (Å²) < 4.78 is 32.9. The molecule has 2 aromatic rings. The van der Waals surface area contributed by atoms with Crippen molar-refractivity contribution in [3.63, 3.8) is 0 Å². The monoisotopic (exact) mass is 466 g/mol. The zero-order valence-electron chi connectivity index (χ0n) is 16.8. The molecule has 1 atom stereocenters. The van der Waals surface area contributed by atoms with Crippen LogP contribution in [0.3, 0.4) is 0 Å². The summed E-state index contributed by atoms with van der Waals surface area (Å²) in [5, 5.41) is 9.49. The van der Waals surface area contributed by atoms with Crippen LogP contribution in [0, 0.1) is 11.6 Å². The van der Waals surface area contributed by atoms with Gasteiger partial charge in [-0.15, -0.1) is 5.10 Å². The standard InChI is InChI=1S/C20H21ClF2N6O3/c21-12-10-11(18(24)28-29(25)16-6-1-2-9-32-16)7-8-15(12)26-20(31)27-19(30)17-13(22)4-3-5-14(17)23/h3-5,7-8,10,16H,1-2,6,9,25H2,(H2,24,28)(H2,26,27,30,31). The van der Waals surface area contributed by atoms with E-state index in [2.05, 4.69) is 10.4 Å². The molecule has 1 aliphatic rings. The topological polar surface area (TPSA) is 135 Å². The molecular formula is C20H21ClF2N6O3. The van der Waals surface area contributed by atoms with Gasteiger partial charge in [0.1, 0.15) is 17.2 Å². The first kappa shape index (κ1) is 23.4. The summed E-state index contributed by atoms with van der Waals surface area (Å²) in [6, 6.07) is 6.26. The van der Waals surface area contributed by atoms with Gasteiger partial charge in [-0.2, -0.15) is 0 Å². The first-order chi connectivity index (χ1) is 15.3. The van der Waals surface area contributed by atoms with Gasteiger partial charge in [0.25, 0.3) is 5.91 Å². The lowest BCUT2D eigenvalue weighted by Crippen LogP contribution is -2.42. The summed E-state index contributed by atoms with van der Waals surface area (Å²) >= 11 is 6.18. The van der Waals surface area contributed by atoms with E-state index in [1.54, 1.807) is 0 Å². The molecule has 12 heteroatoms. The van der Waals surface area contributed by atoms with Gasteiger partial charge in [0.15, 0.2) is 12.1 Å².